The fourth-order valence-electron chi connectivity index (χ4n) is 3.92. The Morgan fingerprint density at radius 2 is 2.21 bits per heavy atom. The molecule has 6 nitrogen and oxygen atoms in total. The van der Waals surface area contributed by atoms with E-state index in [1.165, 1.54) is 6.26 Å². The van der Waals surface area contributed by atoms with E-state index in [0.717, 1.165) is 10.9 Å². The summed E-state index contributed by atoms with van der Waals surface area (Å²) in [6, 6.07) is 5.70. The number of carboxylic acid groups (broad SMARTS) is 1. The lowest BCUT2D eigenvalue weighted by atomic mass is 9.76. The van der Waals surface area contributed by atoms with E-state index in [0.29, 0.717) is 30.7 Å². The summed E-state index contributed by atoms with van der Waals surface area (Å²) >= 11 is 0. The number of furan rings is 1. The van der Waals surface area contributed by atoms with Crippen molar-refractivity contribution < 1.29 is 23.8 Å². The number of carboxylic acids is 1. The number of carbonyl (C=O) groups is 2. The zero-order valence-corrected chi connectivity index (χ0v) is 13.4. The van der Waals surface area contributed by atoms with Gasteiger partial charge in [-0.25, -0.2) is 0 Å². The second-order valence-corrected chi connectivity index (χ2v) is 6.83. The van der Waals surface area contributed by atoms with Gasteiger partial charge in [0.05, 0.1) is 12.2 Å². The summed E-state index contributed by atoms with van der Waals surface area (Å²) in [7, 11) is 0. The molecule has 0 spiro atoms. The molecule has 3 heterocycles. The van der Waals surface area contributed by atoms with E-state index in [4.69, 9.17) is 9.15 Å². The highest BCUT2D eigenvalue weighted by atomic mass is 16.5. The van der Waals surface area contributed by atoms with Gasteiger partial charge in [-0.05, 0) is 30.9 Å². The lowest BCUT2D eigenvalue weighted by molar-refractivity contribution is -0.159. The summed E-state index contributed by atoms with van der Waals surface area (Å²) in [5.74, 6) is -1.11. The van der Waals surface area contributed by atoms with Crippen molar-refractivity contribution in [3.8, 4) is 0 Å². The number of hydrogen-bond donors (Lipinski definition) is 1. The van der Waals surface area contributed by atoms with E-state index in [2.05, 4.69) is 0 Å². The molecule has 2 aromatic rings. The van der Waals surface area contributed by atoms with Crippen LogP contribution in [-0.2, 0) is 9.53 Å². The van der Waals surface area contributed by atoms with Gasteiger partial charge in [-0.2, -0.15) is 0 Å². The molecule has 0 saturated carbocycles. The highest BCUT2D eigenvalue weighted by Gasteiger charge is 2.55. The first-order valence-corrected chi connectivity index (χ1v) is 8.09. The smallest absolute Gasteiger partial charge is 0.314 e. The van der Waals surface area contributed by atoms with Crippen molar-refractivity contribution in [2.45, 2.75) is 13.3 Å². The Bertz CT molecular complexity index is 826. The third-order valence-electron chi connectivity index (χ3n) is 5.34. The molecule has 2 atom stereocenters. The molecule has 2 aliphatic rings. The third kappa shape index (κ3) is 2.13. The Hall–Kier alpha value is -2.34. The monoisotopic (exact) mass is 329 g/mol. The molecule has 1 amide bonds. The van der Waals surface area contributed by atoms with Crippen molar-refractivity contribution in [1.29, 1.82) is 0 Å². The summed E-state index contributed by atoms with van der Waals surface area (Å²) in [5.41, 5.74) is 1.24. The van der Waals surface area contributed by atoms with Gasteiger partial charge in [-0.15, -0.1) is 0 Å². The van der Waals surface area contributed by atoms with Crippen molar-refractivity contribution in [2.75, 3.05) is 26.3 Å². The fourth-order valence-corrected chi connectivity index (χ4v) is 3.92. The first-order chi connectivity index (χ1) is 11.5. The van der Waals surface area contributed by atoms with E-state index in [1.807, 2.05) is 25.1 Å². The van der Waals surface area contributed by atoms with Gasteiger partial charge in [0.25, 0.3) is 5.91 Å². The standard InChI is InChI=1S/C18H19NO5/c1-11-2-3-13-14(8-24-15(13)6-11)16(20)19-7-12-4-5-23-10-18(12,9-19)17(21)22/h2-3,6,8,12H,4-5,7,9-10H2,1H3,(H,21,22)/t12-,18+/m0/s1. The fraction of sp³-hybridized carbons (Fsp3) is 0.444. The Labute approximate surface area is 139 Å². The summed E-state index contributed by atoms with van der Waals surface area (Å²) in [6.07, 6.45) is 2.14. The molecule has 0 aliphatic carbocycles. The van der Waals surface area contributed by atoms with Crippen molar-refractivity contribution in [3.05, 3.63) is 35.6 Å². The number of amides is 1. The Morgan fingerprint density at radius 1 is 1.38 bits per heavy atom. The van der Waals surface area contributed by atoms with Gasteiger partial charge in [0.2, 0.25) is 0 Å². The van der Waals surface area contributed by atoms with Crippen LogP contribution in [0.25, 0.3) is 11.0 Å². The quantitative estimate of drug-likeness (QED) is 0.914. The van der Waals surface area contributed by atoms with Crippen LogP contribution in [0, 0.1) is 18.3 Å². The number of carbonyl (C=O) groups excluding carboxylic acids is 1. The zero-order chi connectivity index (χ0) is 16.9. The van der Waals surface area contributed by atoms with E-state index in [-0.39, 0.29) is 25.0 Å². The van der Waals surface area contributed by atoms with Crippen molar-refractivity contribution in [3.63, 3.8) is 0 Å². The van der Waals surface area contributed by atoms with Crippen LogP contribution >= 0.6 is 0 Å². The first-order valence-electron chi connectivity index (χ1n) is 8.09. The van der Waals surface area contributed by atoms with Crippen LogP contribution in [-0.4, -0.2) is 48.2 Å². The third-order valence-corrected chi connectivity index (χ3v) is 5.34. The highest BCUT2D eigenvalue weighted by molar-refractivity contribution is 6.06. The van der Waals surface area contributed by atoms with Gasteiger partial charge in [0, 0.05) is 25.1 Å². The minimum atomic E-state index is -0.982. The topological polar surface area (TPSA) is 80.0 Å². The first kappa shape index (κ1) is 15.2. The number of likely N-dealkylation sites (tertiary alicyclic amines) is 1. The number of fused-ring (bicyclic) bond motifs is 2. The summed E-state index contributed by atoms with van der Waals surface area (Å²) in [6.45, 7) is 3.32. The molecule has 2 fully saturated rings. The van der Waals surface area contributed by atoms with Crippen LogP contribution < -0.4 is 0 Å². The number of rotatable bonds is 2. The summed E-state index contributed by atoms with van der Waals surface area (Å²) < 4.78 is 10.9. The van der Waals surface area contributed by atoms with Gasteiger partial charge in [-0.3, -0.25) is 9.59 Å². The van der Waals surface area contributed by atoms with Crippen molar-refractivity contribution in [2.24, 2.45) is 11.3 Å². The number of aliphatic carboxylic acids is 1. The molecule has 2 saturated heterocycles. The number of aryl methyl sites for hydroxylation is 1. The number of hydrogen-bond acceptors (Lipinski definition) is 4. The molecule has 24 heavy (non-hydrogen) atoms. The minimum Gasteiger partial charge on any atom is -0.481 e. The minimum absolute atomic E-state index is 0.0619. The predicted molar refractivity (Wildman–Crippen MR) is 85.8 cm³/mol. The lowest BCUT2D eigenvalue weighted by Crippen LogP contribution is -2.46. The van der Waals surface area contributed by atoms with Crippen LogP contribution in [0.2, 0.25) is 0 Å². The Morgan fingerprint density at radius 3 is 2.96 bits per heavy atom. The van der Waals surface area contributed by atoms with Crippen LogP contribution in [0.1, 0.15) is 22.3 Å². The molecular weight excluding hydrogens is 310 g/mol. The molecule has 4 rings (SSSR count). The molecule has 0 radical (unpaired) electrons. The summed E-state index contributed by atoms with van der Waals surface area (Å²) in [4.78, 5) is 26.4. The van der Waals surface area contributed by atoms with Crippen LogP contribution in [0.15, 0.2) is 28.9 Å². The van der Waals surface area contributed by atoms with Gasteiger partial charge in [0.1, 0.15) is 17.3 Å². The maximum absolute atomic E-state index is 12.9. The van der Waals surface area contributed by atoms with E-state index < -0.39 is 11.4 Å². The molecule has 1 N–H and O–H groups in total. The molecule has 6 heteroatoms. The number of nitrogens with zero attached hydrogens (tertiary/aromatic N) is 1. The van der Waals surface area contributed by atoms with Crippen molar-refractivity contribution >= 4 is 22.8 Å². The summed E-state index contributed by atoms with van der Waals surface area (Å²) in [5, 5.41) is 10.5. The second kappa shape index (κ2) is 5.34. The average Bonchev–Trinajstić information content (AvgIpc) is 3.15. The maximum Gasteiger partial charge on any atom is 0.314 e. The largest absolute Gasteiger partial charge is 0.481 e. The number of benzene rings is 1. The maximum atomic E-state index is 12.9. The van der Waals surface area contributed by atoms with Crippen molar-refractivity contribution in [1.82, 2.24) is 4.90 Å². The van der Waals surface area contributed by atoms with E-state index >= 15 is 0 Å². The molecule has 1 aromatic heterocycles. The van der Waals surface area contributed by atoms with Crippen LogP contribution in [0.4, 0.5) is 0 Å². The predicted octanol–water partition coefficient (Wildman–Crippen LogP) is 2.30. The Balaban J connectivity index is 1.66. The molecule has 0 bridgehead atoms. The van der Waals surface area contributed by atoms with E-state index in [9.17, 15) is 14.7 Å². The lowest BCUT2D eigenvalue weighted by Gasteiger charge is -2.33. The highest BCUT2D eigenvalue weighted by Crippen LogP contribution is 2.42. The number of ether oxygens (including phenoxy) is 1. The SMILES string of the molecule is Cc1ccc2c(C(=O)N3C[C@@H]4CCOC[C@]4(C(=O)O)C3)coc2c1. The molecule has 126 valence electrons. The van der Waals surface area contributed by atoms with Crippen LogP contribution in [0.3, 0.4) is 0 Å². The normalized spacial score (nSPS) is 26.5. The van der Waals surface area contributed by atoms with Crippen LogP contribution in [0.5, 0.6) is 0 Å². The second-order valence-electron chi connectivity index (χ2n) is 6.83. The molecule has 1 aromatic carbocycles. The molecule has 2 aliphatic heterocycles. The van der Waals surface area contributed by atoms with Gasteiger partial charge in [0.15, 0.2) is 0 Å². The Kier molecular flexibility index (Phi) is 3.38. The zero-order valence-electron chi connectivity index (χ0n) is 13.4. The molecule has 0 unspecified atom stereocenters. The van der Waals surface area contributed by atoms with Gasteiger partial charge < -0.3 is 19.2 Å². The average molecular weight is 329 g/mol. The van der Waals surface area contributed by atoms with Gasteiger partial charge >= 0.3 is 5.97 Å². The molecular formula is C18H19NO5. The van der Waals surface area contributed by atoms with E-state index in [1.54, 1.807) is 4.90 Å². The van der Waals surface area contributed by atoms with Gasteiger partial charge in [-0.1, -0.05) is 12.1 Å².